The average molecular weight is 307 g/mol. The van der Waals surface area contributed by atoms with Crippen LogP contribution in [0.5, 0.6) is 5.75 Å². The van der Waals surface area contributed by atoms with E-state index in [-0.39, 0.29) is 5.75 Å². The molecule has 20 heavy (non-hydrogen) atoms. The van der Waals surface area contributed by atoms with Crippen LogP contribution in [-0.2, 0) is 0 Å². The maximum atomic E-state index is 9.95. The lowest BCUT2D eigenvalue weighted by Crippen LogP contribution is -2.12. The third-order valence-electron chi connectivity index (χ3n) is 3.67. The molecule has 0 unspecified atom stereocenters. The molecule has 2 aromatic heterocycles. The Morgan fingerprint density at radius 3 is 2.90 bits per heavy atom. The number of hydrogen-bond acceptors (Lipinski definition) is 5. The molecule has 1 aromatic carbocycles. The van der Waals surface area contributed by atoms with Gasteiger partial charge in [0.05, 0.1) is 5.56 Å². The van der Waals surface area contributed by atoms with Gasteiger partial charge in [0.15, 0.2) is 10.8 Å². The molecule has 0 bridgehead atoms. The van der Waals surface area contributed by atoms with Gasteiger partial charge in [-0.05, 0) is 31.0 Å². The van der Waals surface area contributed by atoms with Crippen molar-refractivity contribution in [3.63, 3.8) is 0 Å². The number of fused-ring (bicyclic) bond motifs is 1. The minimum Gasteiger partial charge on any atom is -0.507 e. The van der Waals surface area contributed by atoms with Crippen LogP contribution >= 0.6 is 22.9 Å². The molecule has 0 amide bonds. The normalized spacial score (nSPS) is 15.7. The van der Waals surface area contributed by atoms with E-state index in [9.17, 15) is 5.11 Å². The van der Waals surface area contributed by atoms with E-state index in [4.69, 9.17) is 11.6 Å². The maximum Gasteiger partial charge on any atom is 0.234 e. The Kier molecular flexibility index (Phi) is 2.68. The van der Waals surface area contributed by atoms with Gasteiger partial charge >= 0.3 is 0 Å². The number of aromatic hydroxyl groups is 1. The number of phenols is 1. The quantitative estimate of drug-likeness (QED) is 0.787. The summed E-state index contributed by atoms with van der Waals surface area (Å²) < 4.78 is 1.80. The van der Waals surface area contributed by atoms with Gasteiger partial charge in [-0.2, -0.15) is 9.61 Å². The average Bonchev–Trinajstić information content (AvgIpc) is 2.92. The second kappa shape index (κ2) is 4.43. The predicted molar refractivity (Wildman–Crippen MR) is 77.4 cm³/mol. The summed E-state index contributed by atoms with van der Waals surface area (Å²) in [4.78, 5) is 0.751. The van der Waals surface area contributed by atoms with Crippen molar-refractivity contribution < 1.29 is 5.11 Å². The lowest BCUT2D eigenvalue weighted by molar-refractivity contribution is 0.395. The number of benzene rings is 1. The van der Waals surface area contributed by atoms with E-state index in [1.807, 2.05) is 0 Å². The first-order valence-electron chi connectivity index (χ1n) is 6.43. The third kappa shape index (κ3) is 1.79. The van der Waals surface area contributed by atoms with E-state index in [1.165, 1.54) is 17.8 Å². The largest absolute Gasteiger partial charge is 0.507 e. The Morgan fingerprint density at radius 1 is 1.30 bits per heavy atom. The highest BCUT2D eigenvalue weighted by atomic mass is 35.5. The topological polar surface area (TPSA) is 63.3 Å². The predicted octanol–water partition coefficient (Wildman–Crippen LogP) is 3.48. The minimum atomic E-state index is 0.171. The molecule has 0 atom stereocenters. The molecule has 5 nitrogen and oxygen atoms in total. The van der Waals surface area contributed by atoms with E-state index >= 15 is 0 Å². The number of rotatable bonds is 2. The third-order valence-corrected chi connectivity index (χ3v) is 4.84. The van der Waals surface area contributed by atoms with Gasteiger partial charge in [0, 0.05) is 10.9 Å². The molecule has 3 aromatic rings. The van der Waals surface area contributed by atoms with Crippen molar-refractivity contribution in [2.45, 2.75) is 25.2 Å². The molecule has 1 aliphatic rings. The smallest absolute Gasteiger partial charge is 0.234 e. The molecular weight excluding hydrogens is 296 g/mol. The van der Waals surface area contributed by atoms with Crippen molar-refractivity contribution in [3.05, 3.63) is 29.0 Å². The number of phenolic OH excluding ortho intramolecular Hbond substituents is 1. The number of hydrogen-bond donors (Lipinski definition) is 1. The van der Waals surface area contributed by atoms with E-state index in [0.717, 1.165) is 23.6 Å². The molecule has 2 heterocycles. The zero-order valence-electron chi connectivity index (χ0n) is 10.5. The van der Waals surface area contributed by atoms with Crippen LogP contribution in [0.2, 0.25) is 5.02 Å². The molecular formula is C13H11ClN4OS. The zero-order chi connectivity index (χ0) is 13.7. The van der Waals surface area contributed by atoms with E-state index in [2.05, 4.69) is 15.3 Å². The van der Waals surface area contributed by atoms with Crippen LogP contribution in [-0.4, -0.2) is 24.9 Å². The first kappa shape index (κ1) is 12.1. The molecule has 102 valence electrons. The molecule has 4 rings (SSSR count). The summed E-state index contributed by atoms with van der Waals surface area (Å²) >= 11 is 7.39. The van der Waals surface area contributed by atoms with Gasteiger partial charge in [0.1, 0.15) is 5.75 Å². The molecule has 1 saturated carbocycles. The Morgan fingerprint density at radius 2 is 2.15 bits per heavy atom. The Hall–Kier alpha value is -1.66. The van der Waals surface area contributed by atoms with Crippen LogP contribution in [0.25, 0.3) is 15.5 Å². The van der Waals surface area contributed by atoms with Gasteiger partial charge < -0.3 is 5.11 Å². The van der Waals surface area contributed by atoms with Gasteiger partial charge in [-0.25, -0.2) is 0 Å². The standard InChI is InChI=1S/C13H11ClN4OS/c14-8-4-5-10(19)9(6-8)12-17-18-11(7-2-1-3-7)15-16-13(18)20-12/h4-7,19H,1-3H2. The van der Waals surface area contributed by atoms with E-state index in [0.29, 0.717) is 21.5 Å². The fraction of sp³-hybridized carbons (Fsp3) is 0.308. The van der Waals surface area contributed by atoms with Gasteiger partial charge in [-0.1, -0.05) is 29.4 Å². The van der Waals surface area contributed by atoms with Crippen molar-refractivity contribution >= 4 is 27.9 Å². The molecule has 1 fully saturated rings. The fourth-order valence-electron chi connectivity index (χ4n) is 2.34. The molecule has 7 heteroatoms. The van der Waals surface area contributed by atoms with Crippen LogP contribution in [0.1, 0.15) is 31.0 Å². The van der Waals surface area contributed by atoms with Crippen molar-refractivity contribution in [3.8, 4) is 16.3 Å². The first-order chi connectivity index (χ1) is 9.72. The molecule has 0 spiro atoms. The highest BCUT2D eigenvalue weighted by Crippen LogP contribution is 2.38. The summed E-state index contributed by atoms with van der Waals surface area (Å²) in [6.07, 6.45) is 3.54. The molecule has 0 aliphatic heterocycles. The second-order valence-electron chi connectivity index (χ2n) is 4.95. The van der Waals surface area contributed by atoms with Crippen molar-refractivity contribution in [1.82, 2.24) is 19.8 Å². The SMILES string of the molecule is Oc1ccc(Cl)cc1-c1nn2c(C3CCC3)nnc2s1. The molecule has 0 saturated heterocycles. The Bertz CT molecular complexity index is 793. The van der Waals surface area contributed by atoms with Crippen molar-refractivity contribution in [2.24, 2.45) is 0 Å². The zero-order valence-corrected chi connectivity index (χ0v) is 12.0. The van der Waals surface area contributed by atoms with E-state index < -0.39 is 0 Å². The van der Waals surface area contributed by atoms with Crippen molar-refractivity contribution in [1.29, 1.82) is 0 Å². The Labute approximate surface area is 123 Å². The Balaban J connectivity index is 1.84. The summed E-state index contributed by atoms with van der Waals surface area (Å²) in [5, 5.41) is 24.2. The summed E-state index contributed by atoms with van der Waals surface area (Å²) in [6.45, 7) is 0. The minimum absolute atomic E-state index is 0.171. The number of nitrogens with zero attached hydrogens (tertiary/aromatic N) is 4. The van der Waals surface area contributed by atoms with Crippen LogP contribution in [0.4, 0.5) is 0 Å². The second-order valence-corrected chi connectivity index (χ2v) is 6.34. The lowest BCUT2D eigenvalue weighted by Gasteiger charge is -2.22. The van der Waals surface area contributed by atoms with Crippen LogP contribution in [0, 0.1) is 0 Å². The summed E-state index contributed by atoms with van der Waals surface area (Å²) in [7, 11) is 0. The highest BCUT2D eigenvalue weighted by molar-refractivity contribution is 7.19. The summed E-state index contributed by atoms with van der Waals surface area (Å²) in [6, 6.07) is 4.94. The molecule has 1 N–H and O–H groups in total. The number of halogens is 1. The summed E-state index contributed by atoms with van der Waals surface area (Å²) in [5.41, 5.74) is 0.632. The van der Waals surface area contributed by atoms with Gasteiger partial charge in [-0.15, -0.1) is 10.2 Å². The fourth-order valence-corrected chi connectivity index (χ4v) is 3.38. The van der Waals surface area contributed by atoms with E-state index in [1.54, 1.807) is 22.7 Å². The van der Waals surface area contributed by atoms with Crippen LogP contribution in [0.15, 0.2) is 18.2 Å². The summed E-state index contributed by atoms with van der Waals surface area (Å²) in [5.74, 6) is 1.56. The van der Waals surface area contributed by atoms with Crippen molar-refractivity contribution in [2.75, 3.05) is 0 Å². The van der Waals surface area contributed by atoms with Gasteiger partial charge in [0.25, 0.3) is 0 Å². The first-order valence-corrected chi connectivity index (χ1v) is 7.63. The molecule has 0 radical (unpaired) electrons. The molecule has 1 aliphatic carbocycles. The van der Waals surface area contributed by atoms with Gasteiger partial charge in [-0.3, -0.25) is 0 Å². The van der Waals surface area contributed by atoms with Crippen LogP contribution < -0.4 is 0 Å². The maximum absolute atomic E-state index is 9.95. The number of aromatic nitrogens is 4. The lowest BCUT2D eigenvalue weighted by atomic mass is 9.85. The monoisotopic (exact) mass is 306 g/mol. The highest BCUT2D eigenvalue weighted by Gasteiger charge is 2.26. The van der Waals surface area contributed by atoms with Crippen LogP contribution in [0.3, 0.4) is 0 Å². The van der Waals surface area contributed by atoms with Gasteiger partial charge in [0.2, 0.25) is 4.96 Å².